The first kappa shape index (κ1) is 6.62. The van der Waals surface area contributed by atoms with Gasteiger partial charge in [-0.25, -0.2) is 0 Å². The summed E-state index contributed by atoms with van der Waals surface area (Å²) in [6.45, 7) is 6.12. The maximum absolute atomic E-state index is 5.59. The SMILES string of the molecule is [CH]CC1COC2(CCC2)O1. The second-order valence-electron chi connectivity index (χ2n) is 3.05. The number of rotatable bonds is 1. The van der Waals surface area contributed by atoms with Crippen LogP contribution in [0.5, 0.6) is 0 Å². The molecule has 0 aromatic rings. The first-order chi connectivity index (χ1) is 4.85. The van der Waals surface area contributed by atoms with Gasteiger partial charge in [-0.1, -0.05) is 0 Å². The third-order valence-corrected chi connectivity index (χ3v) is 2.29. The fourth-order valence-corrected chi connectivity index (χ4v) is 1.46. The van der Waals surface area contributed by atoms with Crippen molar-refractivity contribution in [3.8, 4) is 0 Å². The second-order valence-corrected chi connectivity index (χ2v) is 3.05. The van der Waals surface area contributed by atoms with Gasteiger partial charge < -0.3 is 9.47 Å². The zero-order chi connectivity index (χ0) is 7.03. The van der Waals surface area contributed by atoms with Crippen LogP contribution in [0, 0.1) is 6.92 Å². The summed E-state index contributed by atoms with van der Waals surface area (Å²) in [5.74, 6) is -0.190. The van der Waals surface area contributed by atoms with Crippen LogP contribution in [0.15, 0.2) is 0 Å². The van der Waals surface area contributed by atoms with Crippen molar-refractivity contribution in [2.24, 2.45) is 0 Å². The molecule has 2 nitrogen and oxygen atoms in total. The molecular formula is C8H12O2. The molecule has 1 unspecified atom stereocenters. The van der Waals surface area contributed by atoms with Gasteiger partial charge in [0, 0.05) is 12.8 Å². The van der Waals surface area contributed by atoms with E-state index in [0.717, 1.165) is 12.8 Å². The fourth-order valence-electron chi connectivity index (χ4n) is 1.46. The highest BCUT2D eigenvalue weighted by Crippen LogP contribution is 2.41. The van der Waals surface area contributed by atoms with Crippen LogP contribution in [0.25, 0.3) is 0 Å². The molecule has 1 aliphatic carbocycles. The zero-order valence-electron chi connectivity index (χ0n) is 6.01. The van der Waals surface area contributed by atoms with Crippen molar-refractivity contribution in [3.05, 3.63) is 6.92 Å². The number of hydrogen-bond donors (Lipinski definition) is 0. The van der Waals surface area contributed by atoms with Crippen LogP contribution in [-0.2, 0) is 9.47 Å². The van der Waals surface area contributed by atoms with Gasteiger partial charge in [0.2, 0.25) is 0 Å². The molecule has 2 rings (SSSR count). The van der Waals surface area contributed by atoms with Crippen molar-refractivity contribution >= 4 is 0 Å². The van der Waals surface area contributed by atoms with E-state index in [2.05, 4.69) is 0 Å². The van der Waals surface area contributed by atoms with Gasteiger partial charge in [0.25, 0.3) is 0 Å². The molecule has 1 saturated carbocycles. The zero-order valence-corrected chi connectivity index (χ0v) is 6.01. The largest absolute Gasteiger partial charge is 0.347 e. The van der Waals surface area contributed by atoms with Crippen molar-refractivity contribution in [2.45, 2.75) is 37.6 Å². The number of hydrogen-bond acceptors (Lipinski definition) is 2. The van der Waals surface area contributed by atoms with Gasteiger partial charge >= 0.3 is 0 Å². The summed E-state index contributed by atoms with van der Waals surface area (Å²) >= 11 is 0. The van der Waals surface area contributed by atoms with E-state index in [-0.39, 0.29) is 11.9 Å². The third-order valence-electron chi connectivity index (χ3n) is 2.29. The molecule has 1 atom stereocenters. The van der Waals surface area contributed by atoms with Crippen molar-refractivity contribution in [1.29, 1.82) is 0 Å². The molecule has 56 valence electrons. The van der Waals surface area contributed by atoms with E-state index in [1.807, 2.05) is 0 Å². The molecule has 0 amide bonds. The van der Waals surface area contributed by atoms with E-state index in [1.165, 1.54) is 6.42 Å². The molecule has 0 aromatic heterocycles. The molecule has 0 bridgehead atoms. The molecule has 2 fully saturated rings. The predicted octanol–water partition coefficient (Wildman–Crippen LogP) is 1.38. The van der Waals surface area contributed by atoms with Crippen LogP contribution in [0.2, 0.25) is 0 Å². The Hall–Kier alpha value is -0.0800. The lowest BCUT2D eigenvalue weighted by atomic mass is 9.91. The van der Waals surface area contributed by atoms with Crippen LogP contribution >= 0.6 is 0 Å². The van der Waals surface area contributed by atoms with E-state index in [0.29, 0.717) is 13.0 Å². The van der Waals surface area contributed by atoms with E-state index in [1.54, 1.807) is 0 Å². The molecule has 2 radical (unpaired) electrons. The van der Waals surface area contributed by atoms with Crippen molar-refractivity contribution < 1.29 is 9.47 Å². The van der Waals surface area contributed by atoms with Crippen LogP contribution in [0.4, 0.5) is 0 Å². The average molecular weight is 140 g/mol. The molecular weight excluding hydrogens is 128 g/mol. The van der Waals surface area contributed by atoms with Gasteiger partial charge in [-0.3, -0.25) is 0 Å². The van der Waals surface area contributed by atoms with Gasteiger partial charge in [-0.05, 0) is 19.8 Å². The lowest BCUT2D eigenvalue weighted by Gasteiger charge is -2.36. The lowest BCUT2D eigenvalue weighted by molar-refractivity contribution is -0.215. The smallest absolute Gasteiger partial charge is 0.168 e. The standard InChI is InChI=1S/C8H12O2/c1-2-7-6-9-8(10-7)4-3-5-8/h1,7H,2-6H2. The maximum atomic E-state index is 5.59. The minimum atomic E-state index is -0.190. The van der Waals surface area contributed by atoms with Gasteiger partial charge in [0.1, 0.15) is 0 Å². The maximum Gasteiger partial charge on any atom is 0.168 e. The molecule has 1 heterocycles. The highest BCUT2D eigenvalue weighted by molar-refractivity contribution is 4.86. The van der Waals surface area contributed by atoms with Gasteiger partial charge in [-0.15, -0.1) is 0 Å². The summed E-state index contributed by atoms with van der Waals surface area (Å²) in [6.07, 6.45) is 4.09. The average Bonchev–Trinajstić information content (AvgIpc) is 2.29. The van der Waals surface area contributed by atoms with Crippen molar-refractivity contribution in [2.75, 3.05) is 6.61 Å². The quantitative estimate of drug-likeness (QED) is 0.548. The molecule has 1 spiro atoms. The lowest BCUT2D eigenvalue weighted by Crippen LogP contribution is -2.38. The summed E-state index contributed by atoms with van der Waals surface area (Å²) in [7, 11) is 0. The van der Waals surface area contributed by atoms with E-state index in [9.17, 15) is 0 Å². The van der Waals surface area contributed by atoms with Gasteiger partial charge in [-0.2, -0.15) is 0 Å². The minimum absolute atomic E-state index is 0.153. The Balaban J connectivity index is 1.92. The summed E-state index contributed by atoms with van der Waals surface area (Å²) in [5, 5.41) is 0. The summed E-state index contributed by atoms with van der Waals surface area (Å²) in [5.41, 5.74) is 0. The predicted molar refractivity (Wildman–Crippen MR) is 36.3 cm³/mol. The van der Waals surface area contributed by atoms with Crippen LogP contribution in [0.1, 0.15) is 25.7 Å². The third kappa shape index (κ3) is 0.867. The molecule has 0 N–H and O–H groups in total. The van der Waals surface area contributed by atoms with Gasteiger partial charge in [0.15, 0.2) is 5.79 Å². The Morgan fingerprint density at radius 1 is 1.50 bits per heavy atom. The highest BCUT2D eigenvalue weighted by atomic mass is 16.7. The van der Waals surface area contributed by atoms with Gasteiger partial charge in [0.05, 0.1) is 12.7 Å². The van der Waals surface area contributed by atoms with Crippen LogP contribution in [-0.4, -0.2) is 18.5 Å². The Morgan fingerprint density at radius 3 is 2.60 bits per heavy atom. The molecule has 2 aliphatic rings. The Morgan fingerprint density at radius 2 is 2.30 bits per heavy atom. The van der Waals surface area contributed by atoms with E-state index in [4.69, 9.17) is 16.4 Å². The van der Waals surface area contributed by atoms with Crippen LogP contribution in [0.3, 0.4) is 0 Å². The first-order valence-corrected chi connectivity index (χ1v) is 3.86. The molecule has 1 saturated heterocycles. The Labute approximate surface area is 61.5 Å². The monoisotopic (exact) mass is 140 g/mol. The van der Waals surface area contributed by atoms with Crippen LogP contribution < -0.4 is 0 Å². The molecule has 10 heavy (non-hydrogen) atoms. The Bertz CT molecular complexity index is 129. The second kappa shape index (κ2) is 2.21. The van der Waals surface area contributed by atoms with E-state index >= 15 is 0 Å². The normalized spacial score (nSPS) is 36.3. The first-order valence-electron chi connectivity index (χ1n) is 3.86. The summed E-state index contributed by atoms with van der Waals surface area (Å²) < 4.78 is 11.1. The molecule has 0 aromatic carbocycles. The number of ether oxygens (including phenoxy) is 2. The summed E-state index contributed by atoms with van der Waals surface area (Å²) in [4.78, 5) is 0. The molecule has 1 aliphatic heterocycles. The minimum Gasteiger partial charge on any atom is -0.347 e. The summed E-state index contributed by atoms with van der Waals surface area (Å²) in [6, 6.07) is 0. The fraction of sp³-hybridized carbons (Fsp3) is 0.875. The molecule has 2 heteroatoms. The highest BCUT2D eigenvalue weighted by Gasteiger charge is 2.45. The topological polar surface area (TPSA) is 18.5 Å². The van der Waals surface area contributed by atoms with E-state index < -0.39 is 0 Å². The Kier molecular flexibility index (Phi) is 1.46. The van der Waals surface area contributed by atoms with Crippen molar-refractivity contribution in [1.82, 2.24) is 0 Å². The van der Waals surface area contributed by atoms with Crippen molar-refractivity contribution in [3.63, 3.8) is 0 Å².